The number of hydrazone groups is 1. The van der Waals surface area contributed by atoms with Crippen LogP contribution in [0.4, 0.5) is 5.69 Å². The van der Waals surface area contributed by atoms with Gasteiger partial charge >= 0.3 is 0 Å². The first-order chi connectivity index (χ1) is 17.0. The summed E-state index contributed by atoms with van der Waals surface area (Å²) in [7, 11) is -4.14. The van der Waals surface area contributed by atoms with Crippen molar-refractivity contribution in [3.05, 3.63) is 87.9 Å². The topological polar surface area (TPSA) is 131 Å². The summed E-state index contributed by atoms with van der Waals surface area (Å²) in [6.45, 7) is 1.01. The Kier molecular flexibility index (Phi) is 8.92. The Morgan fingerprint density at radius 3 is 2.22 bits per heavy atom. The van der Waals surface area contributed by atoms with E-state index in [-0.39, 0.29) is 27.2 Å². The molecule has 0 heterocycles. The number of primary amides is 1. The van der Waals surface area contributed by atoms with Crippen molar-refractivity contribution < 1.29 is 22.7 Å². The average molecular weight is 549 g/mol. The summed E-state index contributed by atoms with van der Waals surface area (Å²) >= 11 is 12.2. The number of nitrogens with one attached hydrogen (secondary N) is 1. The maximum atomic E-state index is 13.4. The average Bonchev–Trinajstić information content (AvgIpc) is 2.81. The second-order valence-corrected chi connectivity index (χ2v) is 10.3. The maximum absolute atomic E-state index is 13.4. The van der Waals surface area contributed by atoms with Gasteiger partial charge in [0.15, 0.2) is 6.61 Å². The molecule has 0 unspecified atom stereocenters. The Labute approximate surface area is 218 Å². The molecule has 3 aromatic rings. The van der Waals surface area contributed by atoms with Crippen LogP contribution in [0.3, 0.4) is 0 Å². The fourth-order valence-corrected chi connectivity index (χ4v) is 4.90. The van der Waals surface area contributed by atoms with E-state index < -0.39 is 28.4 Å². The molecule has 9 nitrogen and oxygen atoms in total. The predicted octanol–water partition coefficient (Wildman–Crippen LogP) is 3.51. The Morgan fingerprint density at radius 1 is 1.03 bits per heavy atom. The van der Waals surface area contributed by atoms with Crippen LogP contribution in [0.1, 0.15) is 11.1 Å². The van der Waals surface area contributed by atoms with Gasteiger partial charge in [0, 0.05) is 10.0 Å². The van der Waals surface area contributed by atoms with Crippen molar-refractivity contribution in [3.8, 4) is 5.75 Å². The maximum Gasteiger partial charge on any atom is 0.264 e. The lowest BCUT2D eigenvalue weighted by Crippen LogP contribution is -2.39. The highest BCUT2D eigenvalue weighted by Crippen LogP contribution is 2.29. The fourth-order valence-electron chi connectivity index (χ4n) is 2.98. The van der Waals surface area contributed by atoms with Gasteiger partial charge < -0.3 is 10.5 Å². The number of ether oxygens (including phenoxy) is 1. The van der Waals surface area contributed by atoms with Gasteiger partial charge in [0.2, 0.25) is 0 Å². The summed E-state index contributed by atoms with van der Waals surface area (Å²) < 4.78 is 32.9. The lowest BCUT2D eigenvalue weighted by Gasteiger charge is -2.24. The molecule has 12 heteroatoms. The van der Waals surface area contributed by atoms with E-state index in [0.717, 1.165) is 9.87 Å². The summed E-state index contributed by atoms with van der Waals surface area (Å²) in [6.07, 6.45) is 1.37. The molecule has 0 radical (unpaired) electrons. The molecule has 0 saturated carbocycles. The predicted molar refractivity (Wildman–Crippen MR) is 139 cm³/mol. The molecule has 0 bridgehead atoms. The molecule has 3 aromatic carbocycles. The first kappa shape index (κ1) is 27.0. The molecule has 36 heavy (non-hydrogen) atoms. The first-order valence-electron chi connectivity index (χ1n) is 10.4. The van der Waals surface area contributed by atoms with Crippen LogP contribution in [-0.2, 0) is 19.6 Å². The minimum absolute atomic E-state index is 0.000793. The third kappa shape index (κ3) is 7.45. The molecule has 0 aromatic heterocycles. The van der Waals surface area contributed by atoms with Gasteiger partial charge in [0.05, 0.1) is 16.8 Å². The molecular weight excluding hydrogens is 527 g/mol. The van der Waals surface area contributed by atoms with Crippen LogP contribution in [0.5, 0.6) is 5.75 Å². The van der Waals surface area contributed by atoms with Gasteiger partial charge in [-0.3, -0.25) is 13.9 Å². The van der Waals surface area contributed by atoms with E-state index in [1.807, 2.05) is 6.92 Å². The normalized spacial score (nSPS) is 11.3. The van der Waals surface area contributed by atoms with Gasteiger partial charge in [-0.1, -0.05) is 40.9 Å². The van der Waals surface area contributed by atoms with E-state index in [2.05, 4.69) is 10.5 Å². The third-order valence-corrected chi connectivity index (χ3v) is 6.92. The first-order valence-corrected chi connectivity index (χ1v) is 12.6. The van der Waals surface area contributed by atoms with Crippen molar-refractivity contribution in [2.75, 3.05) is 17.5 Å². The number of nitrogens with two attached hydrogens (primary N) is 1. The number of hydrogen-bond acceptors (Lipinski definition) is 6. The summed E-state index contributed by atoms with van der Waals surface area (Å²) in [5, 5.41) is 4.30. The summed E-state index contributed by atoms with van der Waals surface area (Å²) in [5.41, 5.74) is 8.97. The molecule has 0 fully saturated rings. The largest absolute Gasteiger partial charge is 0.484 e. The number of carbonyl (C=O) groups is 2. The number of rotatable bonds is 10. The van der Waals surface area contributed by atoms with Crippen LogP contribution < -0.4 is 20.2 Å². The Bertz CT molecular complexity index is 1360. The van der Waals surface area contributed by atoms with E-state index in [0.29, 0.717) is 11.3 Å². The van der Waals surface area contributed by atoms with Crippen molar-refractivity contribution in [2.45, 2.75) is 11.8 Å². The van der Waals surface area contributed by atoms with Crippen LogP contribution in [0.25, 0.3) is 0 Å². The van der Waals surface area contributed by atoms with Gasteiger partial charge in [-0.15, -0.1) is 0 Å². The van der Waals surface area contributed by atoms with Crippen LogP contribution in [0, 0.1) is 6.92 Å². The molecule has 3 rings (SSSR count). The van der Waals surface area contributed by atoms with Gasteiger partial charge in [0.1, 0.15) is 12.3 Å². The molecule has 0 spiro atoms. The molecule has 0 saturated heterocycles. The van der Waals surface area contributed by atoms with Crippen LogP contribution >= 0.6 is 23.2 Å². The van der Waals surface area contributed by atoms with E-state index in [9.17, 15) is 18.0 Å². The van der Waals surface area contributed by atoms with E-state index in [4.69, 9.17) is 33.7 Å². The highest BCUT2D eigenvalue weighted by Gasteiger charge is 2.27. The second kappa shape index (κ2) is 11.9. The van der Waals surface area contributed by atoms with Crippen molar-refractivity contribution in [1.82, 2.24) is 5.43 Å². The zero-order valence-corrected chi connectivity index (χ0v) is 21.3. The van der Waals surface area contributed by atoms with Crippen molar-refractivity contribution >= 4 is 56.9 Å². The zero-order valence-electron chi connectivity index (χ0n) is 19.0. The van der Waals surface area contributed by atoms with Crippen LogP contribution in [-0.4, -0.2) is 39.6 Å². The quantitative estimate of drug-likeness (QED) is 0.295. The molecular formula is C24H22Cl2N4O5S. The van der Waals surface area contributed by atoms with Gasteiger partial charge in [-0.25, -0.2) is 13.8 Å². The summed E-state index contributed by atoms with van der Waals surface area (Å²) in [4.78, 5) is 23.4. The highest BCUT2D eigenvalue weighted by molar-refractivity contribution is 7.92. The number of aryl methyl sites for hydroxylation is 1. The monoisotopic (exact) mass is 548 g/mol. The smallest absolute Gasteiger partial charge is 0.264 e. The standard InChI is InChI=1S/C24H22Cl2N4O5S/c1-16-2-8-22(9-3-16)36(33,34)30(20-11-18(25)10-19(26)12-20)14-24(32)29-28-13-17-4-6-21(7-5-17)35-15-23(27)31/h2-13H,14-15H2,1H3,(H2,27,31)(H,29,32)/b28-13-. The molecule has 188 valence electrons. The summed E-state index contributed by atoms with van der Waals surface area (Å²) in [6, 6.07) is 17.0. The second-order valence-electron chi connectivity index (χ2n) is 7.57. The van der Waals surface area contributed by atoms with E-state index >= 15 is 0 Å². The molecule has 3 N–H and O–H groups in total. The fraction of sp³-hybridized carbons (Fsp3) is 0.125. The lowest BCUT2D eigenvalue weighted by molar-refractivity contribution is -0.120. The van der Waals surface area contributed by atoms with Crippen molar-refractivity contribution in [3.63, 3.8) is 0 Å². The minimum atomic E-state index is -4.14. The van der Waals surface area contributed by atoms with Gasteiger partial charge in [-0.2, -0.15) is 5.10 Å². The number of carbonyl (C=O) groups excluding carboxylic acids is 2. The van der Waals surface area contributed by atoms with Crippen LogP contribution in [0.2, 0.25) is 10.0 Å². The van der Waals surface area contributed by atoms with Crippen molar-refractivity contribution in [1.29, 1.82) is 0 Å². The zero-order chi connectivity index (χ0) is 26.3. The Morgan fingerprint density at radius 2 is 1.64 bits per heavy atom. The van der Waals surface area contributed by atoms with Gasteiger partial charge in [-0.05, 0) is 67.1 Å². The number of anilines is 1. The number of amides is 2. The highest BCUT2D eigenvalue weighted by atomic mass is 35.5. The minimum Gasteiger partial charge on any atom is -0.484 e. The van der Waals surface area contributed by atoms with E-state index in [1.54, 1.807) is 36.4 Å². The lowest BCUT2D eigenvalue weighted by atomic mass is 10.2. The molecule has 2 amide bonds. The van der Waals surface area contributed by atoms with E-state index in [1.165, 1.54) is 36.5 Å². The molecule has 0 aliphatic heterocycles. The summed E-state index contributed by atoms with van der Waals surface area (Å²) in [5.74, 6) is -0.853. The third-order valence-electron chi connectivity index (χ3n) is 4.70. The molecule has 0 aliphatic rings. The number of nitrogens with zero attached hydrogens (tertiary/aromatic N) is 2. The number of benzene rings is 3. The number of hydrogen-bond donors (Lipinski definition) is 2. The Hall–Kier alpha value is -3.60. The van der Waals surface area contributed by atoms with Crippen LogP contribution in [0.15, 0.2) is 76.7 Å². The van der Waals surface area contributed by atoms with Gasteiger partial charge in [0.25, 0.3) is 21.8 Å². The molecule has 0 atom stereocenters. The Balaban J connectivity index is 1.77. The van der Waals surface area contributed by atoms with Crippen molar-refractivity contribution in [2.24, 2.45) is 10.8 Å². The SMILES string of the molecule is Cc1ccc(S(=O)(=O)N(CC(=O)N/N=C\c2ccc(OCC(N)=O)cc2)c2cc(Cl)cc(Cl)c2)cc1. The molecule has 0 aliphatic carbocycles. The number of sulfonamides is 1. The number of halogens is 2.